The van der Waals surface area contributed by atoms with Crippen LogP contribution in [-0.2, 0) is 0 Å². The molecule has 1 aromatic carbocycles. The van der Waals surface area contributed by atoms with Crippen LogP contribution in [0, 0.1) is 17.0 Å². The molecule has 8 heteroatoms. The molecular formula is C12H12N4O3S. The summed E-state index contributed by atoms with van der Waals surface area (Å²) in [5, 5.41) is 11.4. The number of nitrogen functional groups attached to an aromatic ring is 1. The molecule has 0 unspecified atom stereocenters. The van der Waals surface area contributed by atoms with Crippen LogP contribution >= 0.6 is 11.8 Å². The standard InChI is InChI=1S/C12H12N4O3S/c1-7-3-4-8(16(17)18)9(5-7)19-11-6-10(13)14-12(15-11)20-2/h3-6H,1-2H3,(H2,13,14,15). The lowest BCUT2D eigenvalue weighted by atomic mass is 10.2. The van der Waals surface area contributed by atoms with Gasteiger partial charge in [-0.2, -0.15) is 4.98 Å². The second kappa shape index (κ2) is 5.74. The lowest BCUT2D eigenvalue weighted by Gasteiger charge is -2.07. The third-order valence-electron chi connectivity index (χ3n) is 2.41. The van der Waals surface area contributed by atoms with Crippen molar-refractivity contribution in [1.82, 2.24) is 9.97 Å². The molecule has 2 rings (SSSR count). The lowest BCUT2D eigenvalue weighted by Crippen LogP contribution is -1.99. The van der Waals surface area contributed by atoms with E-state index in [0.29, 0.717) is 5.16 Å². The van der Waals surface area contributed by atoms with Gasteiger partial charge in [0.15, 0.2) is 5.16 Å². The third kappa shape index (κ3) is 3.15. The molecule has 2 N–H and O–H groups in total. The van der Waals surface area contributed by atoms with Crippen LogP contribution in [0.15, 0.2) is 29.4 Å². The predicted octanol–water partition coefficient (Wildman–Crippen LogP) is 2.79. The molecule has 20 heavy (non-hydrogen) atoms. The van der Waals surface area contributed by atoms with Crippen LogP contribution in [-0.4, -0.2) is 21.1 Å². The maximum Gasteiger partial charge on any atom is 0.311 e. The minimum absolute atomic E-state index is 0.125. The molecule has 0 radical (unpaired) electrons. The van der Waals surface area contributed by atoms with E-state index in [1.165, 1.54) is 23.9 Å². The predicted molar refractivity (Wildman–Crippen MR) is 76.1 cm³/mol. The van der Waals surface area contributed by atoms with Gasteiger partial charge in [0.2, 0.25) is 11.6 Å². The number of anilines is 1. The summed E-state index contributed by atoms with van der Waals surface area (Å²) in [6.45, 7) is 1.82. The first-order chi connectivity index (χ1) is 9.49. The average molecular weight is 292 g/mol. The Labute approximate surface area is 119 Å². The van der Waals surface area contributed by atoms with E-state index < -0.39 is 4.92 Å². The molecule has 1 heterocycles. The van der Waals surface area contributed by atoms with Crippen molar-refractivity contribution >= 4 is 23.3 Å². The molecule has 7 nitrogen and oxygen atoms in total. The summed E-state index contributed by atoms with van der Waals surface area (Å²) >= 11 is 1.31. The van der Waals surface area contributed by atoms with Crippen LogP contribution in [0.4, 0.5) is 11.5 Å². The zero-order chi connectivity index (χ0) is 14.7. The number of hydrogen-bond acceptors (Lipinski definition) is 7. The van der Waals surface area contributed by atoms with E-state index in [0.717, 1.165) is 5.56 Å². The Morgan fingerprint density at radius 3 is 2.75 bits per heavy atom. The first-order valence-corrected chi connectivity index (χ1v) is 6.83. The second-order valence-electron chi connectivity index (χ2n) is 3.95. The zero-order valence-electron chi connectivity index (χ0n) is 10.9. The van der Waals surface area contributed by atoms with E-state index in [4.69, 9.17) is 10.5 Å². The molecule has 0 aliphatic heterocycles. The number of nitro groups is 1. The van der Waals surface area contributed by atoms with Gasteiger partial charge in [-0.15, -0.1) is 0 Å². The smallest absolute Gasteiger partial charge is 0.311 e. The summed E-state index contributed by atoms with van der Waals surface area (Å²) in [5.41, 5.74) is 6.36. The van der Waals surface area contributed by atoms with Crippen molar-refractivity contribution in [3.8, 4) is 11.6 Å². The number of ether oxygens (including phenoxy) is 1. The van der Waals surface area contributed by atoms with Gasteiger partial charge in [0.05, 0.1) is 4.92 Å². The summed E-state index contributed by atoms with van der Waals surface area (Å²) in [5.74, 6) is 0.547. The minimum Gasteiger partial charge on any atom is -0.432 e. The Hall–Kier alpha value is -2.35. The number of nitro benzene ring substituents is 1. The van der Waals surface area contributed by atoms with Gasteiger partial charge in [0.25, 0.3) is 0 Å². The summed E-state index contributed by atoms with van der Waals surface area (Å²) in [4.78, 5) is 18.6. The molecule has 0 spiro atoms. The molecule has 104 valence electrons. The maximum absolute atomic E-state index is 11.0. The molecule has 0 fully saturated rings. The fourth-order valence-corrected chi connectivity index (χ4v) is 1.91. The van der Waals surface area contributed by atoms with Gasteiger partial charge in [-0.05, 0) is 24.8 Å². The number of thioether (sulfide) groups is 1. The number of hydrogen-bond donors (Lipinski definition) is 1. The molecule has 0 atom stereocenters. The van der Waals surface area contributed by atoms with Gasteiger partial charge in [0, 0.05) is 12.1 Å². The normalized spacial score (nSPS) is 10.3. The van der Waals surface area contributed by atoms with Gasteiger partial charge in [-0.3, -0.25) is 10.1 Å². The van der Waals surface area contributed by atoms with E-state index in [1.807, 2.05) is 6.92 Å². The van der Waals surface area contributed by atoms with Crippen LogP contribution < -0.4 is 10.5 Å². The summed E-state index contributed by atoms with van der Waals surface area (Å²) in [6.07, 6.45) is 1.80. The number of benzene rings is 1. The number of aromatic nitrogens is 2. The van der Waals surface area contributed by atoms with Gasteiger partial charge in [0.1, 0.15) is 5.82 Å². The molecule has 0 aliphatic rings. The summed E-state index contributed by atoms with van der Waals surface area (Å²) in [7, 11) is 0. The summed E-state index contributed by atoms with van der Waals surface area (Å²) in [6, 6.07) is 6.04. The zero-order valence-corrected chi connectivity index (χ0v) is 11.7. The van der Waals surface area contributed by atoms with Crippen molar-refractivity contribution in [2.75, 3.05) is 12.0 Å². The van der Waals surface area contributed by atoms with Gasteiger partial charge >= 0.3 is 5.69 Å². The summed E-state index contributed by atoms with van der Waals surface area (Å²) < 4.78 is 5.49. The quantitative estimate of drug-likeness (QED) is 0.400. The SMILES string of the molecule is CSc1nc(N)cc(Oc2cc(C)ccc2[N+](=O)[O-])n1. The fourth-order valence-electron chi connectivity index (χ4n) is 1.53. The highest BCUT2D eigenvalue weighted by Crippen LogP contribution is 2.32. The number of nitrogens with two attached hydrogens (primary N) is 1. The van der Waals surface area contributed by atoms with Crippen LogP contribution in [0.5, 0.6) is 11.6 Å². The van der Waals surface area contributed by atoms with Gasteiger partial charge < -0.3 is 10.5 Å². The van der Waals surface area contributed by atoms with Crippen molar-refractivity contribution in [2.45, 2.75) is 12.1 Å². The van der Waals surface area contributed by atoms with Crippen LogP contribution in [0.1, 0.15) is 5.56 Å². The molecule has 2 aromatic rings. The van der Waals surface area contributed by atoms with Gasteiger partial charge in [-0.25, -0.2) is 4.98 Å². The molecule has 0 saturated heterocycles. The monoisotopic (exact) mass is 292 g/mol. The number of rotatable bonds is 4. The second-order valence-corrected chi connectivity index (χ2v) is 4.72. The highest BCUT2D eigenvalue weighted by Gasteiger charge is 2.16. The first kappa shape index (κ1) is 14.1. The average Bonchev–Trinajstić information content (AvgIpc) is 2.37. The molecule has 0 bridgehead atoms. The van der Waals surface area contributed by atoms with Gasteiger partial charge in [-0.1, -0.05) is 17.8 Å². The Morgan fingerprint density at radius 2 is 2.10 bits per heavy atom. The van der Waals surface area contributed by atoms with Crippen LogP contribution in [0.25, 0.3) is 0 Å². The van der Waals surface area contributed by atoms with Crippen molar-refractivity contribution in [3.63, 3.8) is 0 Å². The number of nitrogens with zero attached hydrogens (tertiary/aromatic N) is 3. The van der Waals surface area contributed by atoms with Crippen molar-refractivity contribution in [1.29, 1.82) is 0 Å². The molecular weight excluding hydrogens is 280 g/mol. The molecule has 0 saturated carbocycles. The third-order valence-corrected chi connectivity index (χ3v) is 2.96. The molecule has 0 aliphatic carbocycles. The van der Waals surface area contributed by atoms with E-state index in [-0.39, 0.29) is 23.1 Å². The van der Waals surface area contributed by atoms with E-state index in [2.05, 4.69) is 9.97 Å². The highest BCUT2D eigenvalue weighted by atomic mass is 32.2. The van der Waals surface area contributed by atoms with E-state index in [9.17, 15) is 10.1 Å². The van der Waals surface area contributed by atoms with Crippen molar-refractivity contribution in [3.05, 3.63) is 39.9 Å². The Balaban J connectivity index is 2.41. The van der Waals surface area contributed by atoms with Crippen LogP contribution in [0.2, 0.25) is 0 Å². The molecule has 0 amide bonds. The van der Waals surface area contributed by atoms with E-state index >= 15 is 0 Å². The Morgan fingerprint density at radius 1 is 1.35 bits per heavy atom. The topological polar surface area (TPSA) is 104 Å². The minimum atomic E-state index is -0.505. The fraction of sp³-hybridized carbons (Fsp3) is 0.167. The molecule has 1 aromatic heterocycles. The van der Waals surface area contributed by atoms with Crippen molar-refractivity contribution < 1.29 is 9.66 Å². The van der Waals surface area contributed by atoms with Crippen molar-refractivity contribution in [2.24, 2.45) is 0 Å². The first-order valence-electron chi connectivity index (χ1n) is 5.61. The van der Waals surface area contributed by atoms with E-state index in [1.54, 1.807) is 18.4 Å². The Bertz CT molecular complexity index is 663. The Kier molecular flexibility index (Phi) is 4.04. The van der Waals surface area contributed by atoms with Crippen LogP contribution in [0.3, 0.4) is 0 Å². The largest absolute Gasteiger partial charge is 0.432 e. The maximum atomic E-state index is 11.0. The highest BCUT2D eigenvalue weighted by molar-refractivity contribution is 7.98. The lowest BCUT2D eigenvalue weighted by molar-refractivity contribution is -0.385. The number of aryl methyl sites for hydroxylation is 1.